The summed E-state index contributed by atoms with van der Waals surface area (Å²) in [7, 11) is 0. The van der Waals surface area contributed by atoms with Gasteiger partial charge in [-0.25, -0.2) is 0 Å². The van der Waals surface area contributed by atoms with E-state index in [1.807, 2.05) is 13.8 Å². The summed E-state index contributed by atoms with van der Waals surface area (Å²) in [5.41, 5.74) is -0.596. The van der Waals surface area contributed by atoms with Crippen LogP contribution in [0.25, 0.3) is 0 Å². The molecule has 4 nitrogen and oxygen atoms in total. The highest BCUT2D eigenvalue weighted by molar-refractivity contribution is 5.80. The number of nitrogens with zero attached hydrogens (tertiary/aromatic N) is 1. The molecule has 1 fully saturated rings. The first kappa shape index (κ1) is 17.4. The lowest BCUT2D eigenvalue weighted by Gasteiger charge is -2.41. The molecule has 0 spiro atoms. The minimum absolute atomic E-state index is 0.126. The molecule has 3 unspecified atom stereocenters. The summed E-state index contributed by atoms with van der Waals surface area (Å²) in [5, 5.41) is 3.39. The number of hydrogen-bond donors (Lipinski definition) is 1. The number of ether oxygens (including phenoxy) is 1. The molecule has 0 aliphatic carbocycles. The van der Waals surface area contributed by atoms with Crippen LogP contribution in [0.1, 0.15) is 53.9 Å². The lowest BCUT2D eigenvalue weighted by molar-refractivity contribution is -0.151. The van der Waals surface area contributed by atoms with E-state index in [4.69, 9.17) is 4.74 Å². The zero-order valence-corrected chi connectivity index (χ0v) is 13.9. The molecule has 1 rings (SSSR count). The molecule has 0 saturated carbocycles. The van der Waals surface area contributed by atoms with Gasteiger partial charge in [-0.3, -0.25) is 9.69 Å². The molecule has 0 aromatic heterocycles. The highest BCUT2D eigenvalue weighted by Crippen LogP contribution is 2.24. The third kappa shape index (κ3) is 4.74. The first-order valence-electron chi connectivity index (χ1n) is 8.09. The van der Waals surface area contributed by atoms with Crippen molar-refractivity contribution in [2.24, 2.45) is 5.92 Å². The quantitative estimate of drug-likeness (QED) is 0.729. The fraction of sp³-hybridized carbons (Fsp3) is 0.938. The van der Waals surface area contributed by atoms with Gasteiger partial charge in [0.25, 0.3) is 0 Å². The maximum Gasteiger partial charge on any atom is 0.327 e. The van der Waals surface area contributed by atoms with Crippen molar-refractivity contribution in [3.8, 4) is 0 Å². The van der Waals surface area contributed by atoms with Gasteiger partial charge in [0.2, 0.25) is 0 Å². The normalized spacial score (nSPS) is 27.1. The molecule has 0 aromatic rings. The van der Waals surface area contributed by atoms with Gasteiger partial charge < -0.3 is 10.1 Å². The molecule has 0 bridgehead atoms. The molecule has 3 atom stereocenters. The maximum absolute atomic E-state index is 12.3. The fourth-order valence-electron chi connectivity index (χ4n) is 2.98. The number of carbonyl (C=O) groups is 1. The van der Waals surface area contributed by atoms with Crippen molar-refractivity contribution in [1.29, 1.82) is 0 Å². The van der Waals surface area contributed by atoms with Crippen molar-refractivity contribution in [3.63, 3.8) is 0 Å². The van der Waals surface area contributed by atoms with Crippen molar-refractivity contribution >= 4 is 5.97 Å². The molecule has 20 heavy (non-hydrogen) atoms. The molecular weight excluding hydrogens is 252 g/mol. The average Bonchev–Trinajstić information content (AvgIpc) is 2.40. The lowest BCUT2D eigenvalue weighted by atomic mass is 9.91. The number of piperidine rings is 1. The Labute approximate surface area is 124 Å². The van der Waals surface area contributed by atoms with Gasteiger partial charge in [0.15, 0.2) is 0 Å². The Morgan fingerprint density at radius 1 is 1.40 bits per heavy atom. The van der Waals surface area contributed by atoms with Crippen LogP contribution in [0.5, 0.6) is 0 Å². The molecule has 1 aliphatic heterocycles. The minimum atomic E-state index is -0.596. The lowest BCUT2D eigenvalue weighted by Crippen LogP contribution is -2.60. The van der Waals surface area contributed by atoms with Gasteiger partial charge >= 0.3 is 5.97 Å². The van der Waals surface area contributed by atoms with Gasteiger partial charge in [0, 0.05) is 12.6 Å². The van der Waals surface area contributed by atoms with E-state index in [0.717, 1.165) is 32.0 Å². The SMILES string of the molecule is CCCNC(C)(CN1CCC(C)CC1C)C(=O)OCC. The highest BCUT2D eigenvalue weighted by atomic mass is 16.5. The summed E-state index contributed by atoms with van der Waals surface area (Å²) < 4.78 is 5.27. The van der Waals surface area contributed by atoms with E-state index in [1.165, 1.54) is 12.8 Å². The van der Waals surface area contributed by atoms with Gasteiger partial charge in [0.1, 0.15) is 5.54 Å². The van der Waals surface area contributed by atoms with E-state index in [0.29, 0.717) is 12.6 Å². The molecule has 0 amide bonds. The number of carbonyl (C=O) groups excluding carboxylic acids is 1. The first-order chi connectivity index (χ1) is 9.42. The van der Waals surface area contributed by atoms with Gasteiger partial charge in [-0.05, 0) is 59.0 Å². The molecule has 1 saturated heterocycles. The molecule has 118 valence electrons. The Morgan fingerprint density at radius 3 is 2.65 bits per heavy atom. The van der Waals surface area contributed by atoms with Gasteiger partial charge in [-0.1, -0.05) is 13.8 Å². The molecule has 1 N–H and O–H groups in total. The predicted octanol–water partition coefficient (Wildman–Crippen LogP) is 2.43. The third-order valence-corrected chi connectivity index (χ3v) is 4.29. The summed E-state index contributed by atoms with van der Waals surface area (Å²) >= 11 is 0. The molecule has 1 heterocycles. The highest BCUT2D eigenvalue weighted by Gasteiger charge is 2.38. The largest absolute Gasteiger partial charge is 0.465 e. The van der Waals surface area contributed by atoms with Crippen LogP contribution in [0.4, 0.5) is 0 Å². The van der Waals surface area contributed by atoms with Crippen LogP contribution in [0, 0.1) is 5.92 Å². The standard InChI is InChI=1S/C16H32N2O2/c1-6-9-17-16(5,15(19)20-7-2)12-18-10-8-13(3)11-14(18)4/h13-14,17H,6-12H2,1-5H3. The van der Waals surface area contributed by atoms with Crippen LogP contribution in [0.2, 0.25) is 0 Å². The number of hydrogen-bond acceptors (Lipinski definition) is 4. The number of rotatable bonds is 7. The predicted molar refractivity (Wildman–Crippen MR) is 82.8 cm³/mol. The summed E-state index contributed by atoms with van der Waals surface area (Å²) in [6.07, 6.45) is 3.45. The van der Waals surface area contributed by atoms with Crippen LogP contribution < -0.4 is 5.32 Å². The van der Waals surface area contributed by atoms with E-state index < -0.39 is 5.54 Å². The van der Waals surface area contributed by atoms with Crippen molar-refractivity contribution in [1.82, 2.24) is 10.2 Å². The van der Waals surface area contributed by atoms with Crippen molar-refractivity contribution in [3.05, 3.63) is 0 Å². The molecule has 0 aromatic carbocycles. The summed E-state index contributed by atoms with van der Waals surface area (Å²) in [4.78, 5) is 14.7. The molecule has 0 radical (unpaired) electrons. The smallest absolute Gasteiger partial charge is 0.327 e. The zero-order valence-electron chi connectivity index (χ0n) is 13.9. The van der Waals surface area contributed by atoms with Crippen LogP contribution in [0.15, 0.2) is 0 Å². The Kier molecular flexibility index (Phi) is 6.96. The van der Waals surface area contributed by atoms with Crippen molar-refractivity contribution in [2.45, 2.75) is 65.5 Å². The Balaban J connectivity index is 2.70. The molecule has 4 heteroatoms. The number of nitrogens with one attached hydrogen (secondary N) is 1. The Bertz CT molecular complexity index is 309. The molecule has 1 aliphatic rings. The van der Waals surface area contributed by atoms with E-state index in [-0.39, 0.29) is 5.97 Å². The Hall–Kier alpha value is -0.610. The second-order valence-electron chi connectivity index (χ2n) is 6.43. The van der Waals surface area contributed by atoms with Crippen LogP contribution in [0.3, 0.4) is 0 Å². The monoisotopic (exact) mass is 284 g/mol. The van der Waals surface area contributed by atoms with Gasteiger partial charge in [-0.2, -0.15) is 0 Å². The van der Waals surface area contributed by atoms with E-state index >= 15 is 0 Å². The van der Waals surface area contributed by atoms with Crippen molar-refractivity contribution < 1.29 is 9.53 Å². The second-order valence-corrected chi connectivity index (χ2v) is 6.43. The maximum atomic E-state index is 12.3. The summed E-state index contributed by atoms with van der Waals surface area (Å²) in [6, 6.07) is 0.538. The van der Waals surface area contributed by atoms with Gasteiger partial charge in [0.05, 0.1) is 6.61 Å². The fourth-order valence-corrected chi connectivity index (χ4v) is 2.98. The second kappa shape index (κ2) is 7.99. The average molecular weight is 284 g/mol. The minimum Gasteiger partial charge on any atom is -0.465 e. The first-order valence-corrected chi connectivity index (χ1v) is 8.09. The van der Waals surface area contributed by atoms with Gasteiger partial charge in [-0.15, -0.1) is 0 Å². The van der Waals surface area contributed by atoms with E-state index in [9.17, 15) is 4.79 Å². The number of esters is 1. The van der Waals surface area contributed by atoms with E-state index in [2.05, 4.69) is 31.0 Å². The summed E-state index contributed by atoms with van der Waals surface area (Å²) in [5.74, 6) is 0.665. The van der Waals surface area contributed by atoms with Crippen molar-refractivity contribution in [2.75, 3.05) is 26.2 Å². The van der Waals surface area contributed by atoms with Crippen LogP contribution in [-0.2, 0) is 9.53 Å². The van der Waals surface area contributed by atoms with Crippen LogP contribution in [-0.4, -0.2) is 48.7 Å². The van der Waals surface area contributed by atoms with E-state index in [1.54, 1.807) is 0 Å². The zero-order chi connectivity index (χ0) is 15.2. The topological polar surface area (TPSA) is 41.6 Å². The third-order valence-electron chi connectivity index (χ3n) is 4.29. The van der Waals surface area contributed by atoms with Crippen LogP contribution >= 0.6 is 0 Å². The molecular formula is C16H32N2O2. The Morgan fingerprint density at radius 2 is 2.10 bits per heavy atom. The summed E-state index contributed by atoms with van der Waals surface area (Å²) in [6.45, 7) is 13.6. The number of likely N-dealkylation sites (tertiary alicyclic amines) is 1.